The minimum atomic E-state index is -0.595. The van der Waals surface area contributed by atoms with Gasteiger partial charge in [0.25, 0.3) is 0 Å². The van der Waals surface area contributed by atoms with Gasteiger partial charge in [-0.3, -0.25) is 4.79 Å². The lowest BCUT2D eigenvalue weighted by atomic mass is 10.1. The van der Waals surface area contributed by atoms with Crippen molar-refractivity contribution < 1.29 is 23.9 Å². The van der Waals surface area contributed by atoms with Gasteiger partial charge in [-0.05, 0) is 18.2 Å². The van der Waals surface area contributed by atoms with Crippen LogP contribution in [0.25, 0.3) is 0 Å². The Morgan fingerprint density at radius 2 is 1.74 bits per heavy atom. The molecule has 6 nitrogen and oxygen atoms in total. The van der Waals surface area contributed by atoms with Gasteiger partial charge in [0.15, 0.2) is 0 Å². The van der Waals surface area contributed by atoms with Crippen LogP contribution in [0.15, 0.2) is 18.2 Å². The van der Waals surface area contributed by atoms with Crippen LogP contribution in [-0.2, 0) is 14.3 Å². The van der Waals surface area contributed by atoms with Gasteiger partial charge in [0.2, 0.25) is 5.91 Å². The summed E-state index contributed by atoms with van der Waals surface area (Å²) < 4.78 is 9.19. The topological polar surface area (TPSA) is 81.7 Å². The highest BCUT2D eigenvalue weighted by atomic mass is 16.5. The second-order valence-electron chi connectivity index (χ2n) is 3.65. The van der Waals surface area contributed by atoms with Crippen LogP contribution in [0.4, 0.5) is 5.69 Å². The van der Waals surface area contributed by atoms with Gasteiger partial charge in [-0.15, -0.1) is 0 Å². The smallest absolute Gasteiger partial charge is 0.339 e. The fraction of sp³-hybridized carbons (Fsp3) is 0.308. The largest absolute Gasteiger partial charge is 0.465 e. The highest BCUT2D eigenvalue weighted by molar-refractivity contribution is 6.03. The summed E-state index contributed by atoms with van der Waals surface area (Å²) in [4.78, 5) is 34.4. The van der Waals surface area contributed by atoms with E-state index in [1.165, 1.54) is 32.4 Å². The molecule has 6 heteroatoms. The van der Waals surface area contributed by atoms with E-state index in [2.05, 4.69) is 14.8 Å². The van der Waals surface area contributed by atoms with Crippen molar-refractivity contribution in [1.29, 1.82) is 0 Å². The molecule has 0 saturated heterocycles. The lowest BCUT2D eigenvalue weighted by molar-refractivity contribution is -0.115. The van der Waals surface area contributed by atoms with Crippen LogP contribution >= 0.6 is 0 Å². The third-order valence-electron chi connectivity index (χ3n) is 2.44. The second kappa shape index (κ2) is 6.53. The third kappa shape index (κ3) is 3.54. The van der Waals surface area contributed by atoms with E-state index in [-0.39, 0.29) is 29.1 Å². The van der Waals surface area contributed by atoms with E-state index in [0.29, 0.717) is 0 Å². The molecule has 0 aliphatic heterocycles. The van der Waals surface area contributed by atoms with E-state index in [0.717, 1.165) is 0 Å². The molecule has 19 heavy (non-hydrogen) atoms. The van der Waals surface area contributed by atoms with E-state index in [1.807, 2.05) is 0 Å². The molecule has 1 aromatic rings. The Morgan fingerprint density at radius 1 is 1.11 bits per heavy atom. The van der Waals surface area contributed by atoms with Crippen molar-refractivity contribution in [2.75, 3.05) is 19.5 Å². The molecule has 0 radical (unpaired) electrons. The van der Waals surface area contributed by atoms with Gasteiger partial charge in [-0.25, -0.2) is 9.59 Å². The maximum Gasteiger partial charge on any atom is 0.339 e. The Labute approximate surface area is 110 Å². The van der Waals surface area contributed by atoms with Crippen LogP contribution in [0.5, 0.6) is 0 Å². The van der Waals surface area contributed by atoms with E-state index in [9.17, 15) is 14.4 Å². The summed E-state index contributed by atoms with van der Waals surface area (Å²) >= 11 is 0. The van der Waals surface area contributed by atoms with Gasteiger partial charge in [0.05, 0.1) is 31.0 Å². The summed E-state index contributed by atoms with van der Waals surface area (Å²) in [5.41, 5.74) is 0.639. The summed E-state index contributed by atoms with van der Waals surface area (Å²) in [6, 6.07) is 4.22. The fourth-order valence-electron chi connectivity index (χ4n) is 1.42. The molecule has 0 aliphatic carbocycles. The number of nitrogens with one attached hydrogen (secondary N) is 1. The number of amides is 1. The number of carbonyl (C=O) groups excluding carboxylic acids is 3. The predicted octanol–water partition coefficient (Wildman–Crippen LogP) is 1.61. The van der Waals surface area contributed by atoms with Crippen molar-refractivity contribution in [2.45, 2.75) is 13.3 Å². The van der Waals surface area contributed by atoms with Crippen LogP contribution in [0, 0.1) is 0 Å². The van der Waals surface area contributed by atoms with E-state index >= 15 is 0 Å². The number of hydrogen-bond acceptors (Lipinski definition) is 5. The normalized spacial score (nSPS) is 9.63. The molecule has 1 rings (SSSR count). The molecular weight excluding hydrogens is 250 g/mol. The minimum absolute atomic E-state index is 0.178. The summed E-state index contributed by atoms with van der Waals surface area (Å²) in [5, 5.41) is 2.55. The fourth-order valence-corrected chi connectivity index (χ4v) is 1.42. The van der Waals surface area contributed by atoms with Crippen LogP contribution in [0.3, 0.4) is 0 Å². The highest BCUT2D eigenvalue weighted by Crippen LogP contribution is 2.20. The molecule has 1 N–H and O–H groups in total. The Kier molecular flexibility index (Phi) is 5.05. The zero-order valence-electron chi connectivity index (χ0n) is 11.0. The van der Waals surface area contributed by atoms with E-state index < -0.39 is 11.9 Å². The van der Waals surface area contributed by atoms with Crippen molar-refractivity contribution >= 4 is 23.5 Å². The van der Waals surface area contributed by atoms with Crippen molar-refractivity contribution in [3.8, 4) is 0 Å². The minimum Gasteiger partial charge on any atom is -0.465 e. The molecule has 0 aliphatic rings. The number of hydrogen-bond donors (Lipinski definition) is 1. The van der Waals surface area contributed by atoms with Crippen molar-refractivity contribution in [3.05, 3.63) is 29.3 Å². The van der Waals surface area contributed by atoms with Crippen LogP contribution in [-0.4, -0.2) is 32.1 Å². The maximum atomic E-state index is 11.6. The number of methoxy groups -OCH3 is 2. The molecule has 0 spiro atoms. The molecular formula is C13H15NO5. The van der Waals surface area contributed by atoms with Crippen LogP contribution < -0.4 is 5.32 Å². The molecule has 0 aromatic heterocycles. The average Bonchev–Trinajstić information content (AvgIpc) is 2.45. The molecule has 0 atom stereocenters. The van der Waals surface area contributed by atoms with Gasteiger partial charge >= 0.3 is 11.9 Å². The third-order valence-corrected chi connectivity index (χ3v) is 2.44. The first-order valence-electron chi connectivity index (χ1n) is 5.64. The SMILES string of the molecule is CCC(=O)Nc1cc(C(=O)OC)ccc1C(=O)OC. The summed E-state index contributed by atoms with van der Waals surface area (Å²) in [6.45, 7) is 1.68. The quantitative estimate of drug-likeness (QED) is 0.836. The average molecular weight is 265 g/mol. The summed E-state index contributed by atoms with van der Waals surface area (Å²) in [7, 11) is 2.49. The zero-order valence-corrected chi connectivity index (χ0v) is 11.0. The Hall–Kier alpha value is -2.37. The first-order chi connectivity index (χ1) is 9.03. The van der Waals surface area contributed by atoms with Gasteiger partial charge < -0.3 is 14.8 Å². The van der Waals surface area contributed by atoms with Crippen molar-refractivity contribution in [2.24, 2.45) is 0 Å². The first kappa shape index (κ1) is 14.7. The second-order valence-corrected chi connectivity index (χ2v) is 3.65. The molecule has 0 heterocycles. The Morgan fingerprint density at radius 3 is 2.26 bits per heavy atom. The lowest BCUT2D eigenvalue weighted by Gasteiger charge is -2.10. The molecule has 0 fully saturated rings. The highest BCUT2D eigenvalue weighted by Gasteiger charge is 2.16. The number of rotatable bonds is 4. The van der Waals surface area contributed by atoms with E-state index in [1.54, 1.807) is 6.92 Å². The standard InChI is InChI=1S/C13H15NO5/c1-4-11(15)14-10-7-8(12(16)18-2)5-6-9(10)13(17)19-3/h5-7H,4H2,1-3H3,(H,14,15). The van der Waals surface area contributed by atoms with E-state index in [4.69, 9.17) is 0 Å². The van der Waals surface area contributed by atoms with Crippen LogP contribution in [0.2, 0.25) is 0 Å². The molecule has 1 amide bonds. The molecule has 102 valence electrons. The van der Waals surface area contributed by atoms with Gasteiger partial charge in [-0.1, -0.05) is 6.92 Å². The van der Waals surface area contributed by atoms with Gasteiger partial charge in [-0.2, -0.15) is 0 Å². The Bertz CT molecular complexity index is 510. The monoisotopic (exact) mass is 265 g/mol. The summed E-state index contributed by atoms with van der Waals surface area (Å²) in [5.74, 6) is -1.42. The first-order valence-corrected chi connectivity index (χ1v) is 5.64. The van der Waals surface area contributed by atoms with Gasteiger partial charge in [0, 0.05) is 6.42 Å². The van der Waals surface area contributed by atoms with Crippen molar-refractivity contribution in [1.82, 2.24) is 0 Å². The number of ether oxygens (including phenoxy) is 2. The number of anilines is 1. The number of esters is 2. The molecule has 0 unspecified atom stereocenters. The predicted molar refractivity (Wildman–Crippen MR) is 68.0 cm³/mol. The zero-order chi connectivity index (χ0) is 14.4. The molecule has 0 bridgehead atoms. The number of benzene rings is 1. The maximum absolute atomic E-state index is 11.6. The van der Waals surface area contributed by atoms with Gasteiger partial charge in [0.1, 0.15) is 0 Å². The molecule has 0 saturated carbocycles. The summed E-state index contributed by atoms with van der Waals surface area (Å²) in [6.07, 6.45) is 0.253. The van der Waals surface area contributed by atoms with Crippen molar-refractivity contribution in [3.63, 3.8) is 0 Å². The molecule has 1 aromatic carbocycles. The Balaban J connectivity index is 3.21. The van der Waals surface area contributed by atoms with Crippen LogP contribution in [0.1, 0.15) is 34.1 Å². The number of carbonyl (C=O) groups is 3. The lowest BCUT2D eigenvalue weighted by Crippen LogP contribution is -2.15.